The average Bonchev–Trinajstić information content (AvgIpc) is 3.15. The summed E-state index contributed by atoms with van der Waals surface area (Å²) < 4.78 is 0. The lowest BCUT2D eigenvalue weighted by Gasteiger charge is -2.27. The highest BCUT2D eigenvalue weighted by atomic mass is 32.2. The van der Waals surface area contributed by atoms with Crippen molar-refractivity contribution >= 4 is 46.0 Å². The normalized spacial score (nSPS) is 19.1. The molecule has 6 nitrogen and oxygen atoms in total. The van der Waals surface area contributed by atoms with E-state index >= 15 is 0 Å². The maximum atomic E-state index is 13.3. The Morgan fingerprint density at radius 1 is 1.10 bits per heavy atom. The number of carbonyl (C=O) groups is 2. The second kappa shape index (κ2) is 9.06. The highest BCUT2D eigenvalue weighted by molar-refractivity contribution is 8.15. The topological polar surface area (TPSA) is 74.1 Å². The monoisotopic (exact) mass is 434 g/mol. The second-order valence-electron chi connectivity index (χ2n) is 7.74. The largest absolute Gasteiger partial charge is 0.325 e. The SMILES string of the molecule is CC[C@H](SC1=Nc2ccccc2C2=N[C@@H]([C@@H](C)CC)C(=O)N12)C(=O)Nc1ccccc1. The lowest BCUT2D eigenvalue weighted by Crippen LogP contribution is -2.43. The molecule has 2 aliphatic rings. The van der Waals surface area contributed by atoms with Crippen molar-refractivity contribution in [1.82, 2.24) is 4.90 Å². The molecule has 2 amide bonds. The molecule has 2 aliphatic heterocycles. The number of fused-ring (bicyclic) bond motifs is 3. The van der Waals surface area contributed by atoms with E-state index in [1.165, 1.54) is 11.8 Å². The van der Waals surface area contributed by atoms with Crippen molar-refractivity contribution in [2.45, 2.75) is 44.9 Å². The number of hydrogen-bond acceptors (Lipinski definition) is 5. The van der Waals surface area contributed by atoms with E-state index < -0.39 is 6.04 Å². The van der Waals surface area contributed by atoms with Gasteiger partial charge in [0.1, 0.15) is 11.9 Å². The van der Waals surface area contributed by atoms with Crippen molar-refractivity contribution in [2.75, 3.05) is 5.32 Å². The number of thioether (sulfide) groups is 1. The molecular weight excluding hydrogens is 408 g/mol. The van der Waals surface area contributed by atoms with Crippen LogP contribution in [0.5, 0.6) is 0 Å². The van der Waals surface area contributed by atoms with E-state index in [0.29, 0.717) is 17.4 Å². The van der Waals surface area contributed by atoms with E-state index in [9.17, 15) is 9.59 Å². The van der Waals surface area contributed by atoms with E-state index in [0.717, 1.165) is 23.4 Å². The summed E-state index contributed by atoms with van der Waals surface area (Å²) in [5, 5.41) is 3.09. The molecule has 0 aromatic heterocycles. The van der Waals surface area contributed by atoms with Gasteiger partial charge in [0.2, 0.25) is 5.91 Å². The summed E-state index contributed by atoms with van der Waals surface area (Å²) in [5.74, 6) is 0.598. The summed E-state index contributed by atoms with van der Waals surface area (Å²) in [5.41, 5.74) is 2.38. The third-order valence-corrected chi connectivity index (χ3v) is 6.95. The Bertz CT molecular complexity index is 1050. The van der Waals surface area contributed by atoms with Crippen LogP contribution in [0.2, 0.25) is 0 Å². The first-order chi connectivity index (χ1) is 15.0. The van der Waals surface area contributed by atoms with Crippen LogP contribution in [0.1, 0.15) is 39.2 Å². The van der Waals surface area contributed by atoms with Gasteiger partial charge in [-0.15, -0.1) is 0 Å². The molecule has 0 bridgehead atoms. The quantitative estimate of drug-likeness (QED) is 0.707. The number of amides is 2. The van der Waals surface area contributed by atoms with Gasteiger partial charge in [0.15, 0.2) is 5.17 Å². The number of hydrogen-bond donors (Lipinski definition) is 1. The minimum absolute atomic E-state index is 0.0663. The van der Waals surface area contributed by atoms with Crippen molar-refractivity contribution < 1.29 is 9.59 Å². The van der Waals surface area contributed by atoms with Crippen LogP contribution < -0.4 is 5.32 Å². The Morgan fingerprint density at radius 3 is 2.52 bits per heavy atom. The summed E-state index contributed by atoms with van der Waals surface area (Å²) in [6.07, 6.45) is 1.46. The van der Waals surface area contributed by atoms with Gasteiger partial charge < -0.3 is 5.32 Å². The van der Waals surface area contributed by atoms with E-state index in [-0.39, 0.29) is 23.0 Å². The molecule has 7 heteroatoms. The van der Waals surface area contributed by atoms with E-state index in [1.807, 2.05) is 68.4 Å². The number of rotatable bonds is 6. The number of nitrogens with zero attached hydrogens (tertiary/aromatic N) is 3. The first kappa shape index (κ1) is 21.3. The fourth-order valence-corrected chi connectivity index (χ4v) is 4.66. The molecule has 3 atom stereocenters. The van der Waals surface area contributed by atoms with Crippen molar-refractivity contribution in [3.63, 3.8) is 0 Å². The van der Waals surface area contributed by atoms with Crippen molar-refractivity contribution in [3.8, 4) is 0 Å². The van der Waals surface area contributed by atoms with Gasteiger partial charge >= 0.3 is 0 Å². The lowest BCUT2D eigenvalue weighted by molar-refractivity contribution is -0.125. The van der Waals surface area contributed by atoms with Crippen molar-refractivity contribution in [3.05, 3.63) is 60.2 Å². The molecule has 2 aromatic rings. The smallest absolute Gasteiger partial charge is 0.259 e. The van der Waals surface area contributed by atoms with Crippen LogP contribution in [-0.4, -0.2) is 39.0 Å². The number of carbonyl (C=O) groups excluding carboxylic acids is 2. The molecule has 2 heterocycles. The van der Waals surface area contributed by atoms with Gasteiger partial charge in [0, 0.05) is 11.3 Å². The highest BCUT2D eigenvalue weighted by Gasteiger charge is 2.43. The number of anilines is 1. The summed E-state index contributed by atoms with van der Waals surface area (Å²) in [6.45, 7) is 6.07. The van der Waals surface area contributed by atoms with Crippen LogP contribution in [0.3, 0.4) is 0 Å². The van der Waals surface area contributed by atoms with Gasteiger partial charge in [0.05, 0.1) is 10.9 Å². The van der Waals surface area contributed by atoms with Gasteiger partial charge in [-0.3, -0.25) is 14.6 Å². The minimum Gasteiger partial charge on any atom is -0.325 e. The van der Waals surface area contributed by atoms with Crippen LogP contribution in [0.25, 0.3) is 0 Å². The standard InChI is InChI=1S/C24H26N4O2S/c1-4-15(3)20-23(30)28-21(27-20)17-13-9-10-14-18(17)26-24(28)31-19(5-2)22(29)25-16-11-7-6-8-12-16/h6-15,19-20H,4-5H2,1-3H3,(H,25,29)/t15-,19-,20-/m0/s1. The first-order valence-electron chi connectivity index (χ1n) is 10.7. The Hall–Kier alpha value is -2.93. The van der Waals surface area contributed by atoms with E-state index in [1.54, 1.807) is 4.90 Å². The molecule has 2 aromatic carbocycles. The molecule has 1 N–H and O–H groups in total. The molecule has 0 fully saturated rings. The fourth-order valence-electron chi connectivity index (χ4n) is 3.64. The van der Waals surface area contributed by atoms with Gasteiger partial charge in [-0.1, -0.05) is 69.3 Å². The number of para-hydroxylation sites is 2. The van der Waals surface area contributed by atoms with Crippen LogP contribution >= 0.6 is 11.8 Å². The van der Waals surface area contributed by atoms with Crippen LogP contribution in [0.4, 0.5) is 11.4 Å². The van der Waals surface area contributed by atoms with Crippen molar-refractivity contribution in [2.24, 2.45) is 15.9 Å². The third-order valence-electron chi connectivity index (χ3n) is 5.63. The second-order valence-corrected chi connectivity index (χ2v) is 8.91. The molecule has 31 heavy (non-hydrogen) atoms. The summed E-state index contributed by atoms with van der Waals surface area (Å²) >= 11 is 1.32. The molecule has 160 valence electrons. The van der Waals surface area contributed by atoms with Gasteiger partial charge in [0.25, 0.3) is 5.91 Å². The Morgan fingerprint density at radius 2 is 1.81 bits per heavy atom. The number of aliphatic imine (C=N–C) groups is 2. The Balaban J connectivity index is 1.64. The molecule has 0 unspecified atom stereocenters. The third kappa shape index (κ3) is 4.14. The molecule has 4 rings (SSSR count). The van der Waals surface area contributed by atoms with Crippen LogP contribution in [0, 0.1) is 5.92 Å². The summed E-state index contributed by atoms with van der Waals surface area (Å²) in [6, 6.07) is 16.7. The number of amidine groups is 2. The zero-order chi connectivity index (χ0) is 22.0. The molecule has 0 saturated heterocycles. The summed E-state index contributed by atoms with van der Waals surface area (Å²) in [7, 11) is 0. The molecule has 0 radical (unpaired) electrons. The van der Waals surface area contributed by atoms with Gasteiger partial charge in [-0.25, -0.2) is 9.89 Å². The molecule has 0 aliphatic carbocycles. The lowest BCUT2D eigenvalue weighted by atomic mass is 10.00. The summed E-state index contributed by atoms with van der Waals surface area (Å²) in [4.78, 5) is 37.4. The molecule has 0 spiro atoms. The zero-order valence-electron chi connectivity index (χ0n) is 17.9. The minimum atomic E-state index is -0.421. The van der Waals surface area contributed by atoms with Crippen LogP contribution in [-0.2, 0) is 9.59 Å². The number of nitrogens with one attached hydrogen (secondary N) is 1. The van der Waals surface area contributed by atoms with Crippen molar-refractivity contribution in [1.29, 1.82) is 0 Å². The zero-order valence-corrected chi connectivity index (χ0v) is 18.7. The fraction of sp³-hybridized carbons (Fsp3) is 0.333. The first-order valence-corrected chi connectivity index (χ1v) is 11.5. The maximum absolute atomic E-state index is 13.3. The maximum Gasteiger partial charge on any atom is 0.259 e. The van der Waals surface area contributed by atoms with Gasteiger partial charge in [-0.2, -0.15) is 0 Å². The Labute approximate surface area is 186 Å². The Kier molecular flexibility index (Phi) is 6.23. The number of benzene rings is 2. The van der Waals surface area contributed by atoms with Gasteiger partial charge in [-0.05, 0) is 36.6 Å². The highest BCUT2D eigenvalue weighted by Crippen LogP contribution is 2.36. The van der Waals surface area contributed by atoms with E-state index in [4.69, 9.17) is 9.98 Å². The van der Waals surface area contributed by atoms with E-state index in [2.05, 4.69) is 12.2 Å². The molecular formula is C24H26N4O2S. The predicted octanol–water partition coefficient (Wildman–Crippen LogP) is 4.84. The molecule has 0 saturated carbocycles. The predicted molar refractivity (Wildman–Crippen MR) is 127 cm³/mol. The van der Waals surface area contributed by atoms with Crippen LogP contribution in [0.15, 0.2) is 64.6 Å². The average molecular weight is 435 g/mol.